The predicted molar refractivity (Wildman–Crippen MR) is 140 cm³/mol. The van der Waals surface area contributed by atoms with E-state index in [1.807, 2.05) is 0 Å². The quantitative estimate of drug-likeness (QED) is 0.229. The van der Waals surface area contributed by atoms with Crippen LogP contribution in [0.2, 0.25) is 0 Å². The highest BCUT2D eigenvalue weighted by molar-refractivity contribution is 7.89. The van der Waals surface area contributed by atoms with Crippen LogP contribution in [0.25, 0.3) is 33.5 Å². The minimum atomic E-state index is -4.05. The Labute approximate surface area is 221 Å². The average molecular weight is 552 g/mol. The van der Waals surface area contributed by atoms with E-state index in [2.05, 4.69) is 15.0 Å². The van der Waals surface area contributed by atoms with Gasteiger partial charge in [-0.15, -0.1) is 0 Å². The molecule has 0 unspecified atom stereocenters. The van der Waals surface area contributed by atoms with Crippen molar-refractivity contribution in [2.24, 2.45) is 5.14 Å². The second kappa shape index (κ2) is 10.4. The maximum atomic E-state index is 15.5. The van der Waals surface area contributed by atoms with Crippen LogP contribution in [0.15, 0.2) is 82.7 Å². The molecule has 13 heteroatoms. The molecule has 0 saturated heterocycles. The summed E-state index contributed by atoms with van der Waals surface area (Å²) in [5.74, 6) is -0.168. The second-order valence-electron chi connectivity index (χ2n) is 8.31. The lowest BCUT2D eigenvalue weighted by atomic mass is 10.0. The number of hydrogen-bond donors (Lipinski definition) is 1. The number of fused-ring (bicyclic) bond motifs is 1. The summed E-state index contributed by atoms with van der Waals surface area (Å²) in [7, 11) is -1.17. The van der Waals surface area contributed by atoms with Crippen molar-refractivity contribution >= 4 is 21.1 Å². The molecular weight excluding hydrogens is 529 g/mol. The summed E-state index contributed by atoms with van der Waals surface area (Å²) >= 11 is 0. The van der Waals surface area contributed by atoms with Crippen LogP contribution in [0, 0.1) is 5.82 Å². The van der Waals surface area contributed by atoms with Gasteiger partial charge in [0, 0.05) is 5.56 Å². The lowest BCUT2D eigenvalue weighted by Gasteiger charge is -2.11. The standard InChI is InChI=1S/C26H22FN5O6S/c1-36-18-10-8-17(9-11-18)32-25-24(21(30-32)14-38-37-2)29-15-31(26(25)33)22-12-7-16(13-20(22)27)19-5-3-4-6-23(19)39(28,34)35/h3-13,15H,14H2,1-2H3,(H2,28,34,35). The number of halogens is 1. The van der Waals surface area contributed by atoms with Gasteiger partial charge in [0.2, 0.25) is 10.0 Å². The first kappa shape index (κ1) is 26.2. The highest BCUT2D eigenvalue weighted by atomic mass is 32.2. The summed E-state index contributed by atoms with van der Waals surface area (Å²) in [6.45, 7) is -0.0842. The zero-order valence-corrected chi connectivity index (χ0v) is 21.6. The van der Waals surface area contributed by atoms with Gasteiger partial charge in [-0.1, -0.05) is 24.3 Å². The maximum absolute atomic E-state index is 15.5. The van der Waals surface area contributed by atoms with E-state index in [1.54, 1.807) is 30.3 Å². The Hall–Kier alpha value is -4.43. The third kappa shape index (κ3) is 4.91. The number of sulfonamides is 1. The van der Waals surface area contributed by atoms with Crippen molar-refractivity contribution in [3.8, 4) is 28.3 Å². The fourth-order valence-electron chi connectivity index (χ4n) is 4.18. The Morgan fingerprint density at radius 3 is 2.44 bits per heavy atom. The molecule has 0 aliphatic carbocycles. The van der Waals surface area contributed by atoms with E-state index in [4.69, 9.17) is 14.8 Å². The molecule has 2 heterocycles. The number of ether oxygens (including phenoxy) is 1. The number of primary sulfonamides is 1. The molecule has 0 aliphatic heterocycles. The molecule has 3 aromatic carbocycles. The Bertz CT molecular complexity index is 1850. The van der Waals surface area contributed by atoms with Crippen LogP contribution < -0.4 is 15.4 Å². The summed E-state index contributed by atoms with van der Waals surface area (Å²) < 4.78 is 47.2. The van der Waals surface area contributed by atoms with E-state index in [-0.39, 0.29) is 39.4 Å². The fraction of sp³-hybridized carbons (Fsp3) is 0.115. The number of rotatable bonds is 8. The van der Waals surface area contributed by atoms with E-state index in [9.17, 15) is 13.2 Å². The highest BCUT2D eigenvalue weighted by Crippen LogP contribution is 2.29. The Balaban J connectivity index is 1.66. The van der Waals surface area contributed by atoms with Gasteiger partial charge < -0.3 is 4.74 Å². The summed E-state index contributed by atoms with van der Waals surface area (Å²) in [4.78, 5) is 27.7. The molecule has 0 radical (unpaired) electrons. The Kier molecular flexibility index (Phi) is 6.97. The third-order valence-electron chi connectivity index (χ3n) is 6.00. The summed E-state index contributed by atoms with van der Waals surface area (Å²) in [5, 5.41) is 9.82. The topological polar surface area (TPSA) is 141 Å². The lowest BCUT2D eigenvalue weighted by Crippen LogP contribution is -2.22. The molecule has 5 aromatic rings. The first-order valence-corrected chi connectivity index (χ1v) is 13.0. The predicted octanol–water partition coefficient (Wildman–Crippen LogP) is 3.11. The molecule has 0 atom stereocenters. The minimum Gasteiger partial charge on any atom is -0.497 e. The van der Waals surface area contributed by atoms with Gasteiger partial charge in [0.05, 0.1) is 30.5 Å². The molecule has 5 rings (SSSR count). The zero-order chi connectivity index (χ0) is 27.7. The molecule has 0 bridgehead atoms. The van der Waals surface area contributed by atoms with Gasteiger partial charge in [0.1, 0.15) is 35.7 Å². The van der Waals surface area contributed by atoms with Gasteiger partial charge >= 0.3 is 0 Å². The van der Waals surface area contributed by atoms with Gasteiger partial charge in [-0.05, 0) is 48.0 Å². The smallest absolute Gasteiger partial charge is 0.284 e. The van der Waals surface area contributed by atoms with Crippen LogP contribution in [0.5, 0.6) is 5.75 Å². The van der Waals surface area contributed by atoms with E-state index in [0.717, 1.165) is 10.6 Å². The molecule has 0 fully saturated rings. The van der Waals surface area contributed by atoms with Crippen molar-refractivity contribution < 1.29 is 27.3 Å². The van der Waals surface area contributed by atoms with E-state index >= 15 is 4.39 Å². The van der Waals surface area contributed by atoms with Crippen molar-refractivity contribution in [2.45, 2.75) is 11.5 Å². The average Bonchev–Trinajstić information content (AvgIpc) is 3.31. The molecule has 200 valence electrons. The molecule has 39 heavy (non-hydrogen) atoms. The normalized spacial score (nSPS) is 11.7. The Morgan fingerprint density at radius 2 is 1.77 bits per heavy atom. The summed E-state index contributed by atoms with van der Waals surface area (Å²) in [6, 6.07) is 16.8. The van der Waals surface area contributed by atoms with Crippen LogP contribution >= 0.6 is 0 Å². The van der Waals surface area contributed by atoms with Crippen LogP contribution in [0.4, 0.5) is 4.39 Å². The summed E-state index contributed by atoms with van der Waals surface area (Å²) in [5.41, 5.74) is 1.02. The van der Waals surface area contributed by atoms with Crippen LogP contribution in [-0.4, -0.2) is 42.0 Å². The first-order valence-electron chi connectivity index (χ1n) is 11.4. The molecular formula is C26H22FN5O6S. The van der Waals surface area contributed by atoms with Crippen molar-refractivity contribution in [3.05, 3.63) is 94.9 Å². The molecule has 2 aromatic heterocycles. The maximum Gasteiger partial charge on any atom is 0.284 e. The van der Waals surface area contributed by atoms with Gasteiger partial charge in [-0.2, -0.15) is 5.10 Å². The summed E-state index contributed by atoms with van der Waals surface area (Å²) in [6.07, 6.45) is 1.19. The number of nitrogens with two attached hydrogens (primary N) is 1. The van der Waals surface area contributed by atoms with Crippen molar-refractivity contribution in [3.63, 3.8) is 0 Å². The van der Waals surface area contributed by atoms with E-state index < -0.39 is 21.4 Å². The van der Waals surface area contributed by atoms with Gasteiger partial charge in [-0.25, -0.2) is 37.4 Å². The molecule has 0 aliphatic rings. The first-order chi connectivity index (χ1) is 18.7. The van der Waals surface area contributed by atoms with Crippen LogP contribution in [0.1, 0.15) is 5.69 Å². The van der Waals surface area contributed by atoms with Gasteiger partial charge in [0.15, 0.2) is 5.52 Å². The van der Waals surface area contributed by atoms with Crippen molar-refractivity contribution in [1.29, 1.82) is 0 Å². The molecule has 0 saturated carbocycles. The molecule has 0 spiro atoms. The third-order valence-corrected chi connectivity index (χ3v) is 6.97. The van der Waals surface area contributed by atoms with Crippen molar-refractivity contribution in [1.82, 2.24) is 19.3 Å². The molecule has 2 N–H and O–H groups in total. The fourth-order valence-corrected chi connectivity index (χ4v) is 4.94. The second-order valence-corrected chi connectivity index (χ2v) is 9.84. The molecule has 11 nitrogen and oxygen atoms in total. The van der Waals surface area contributed by atoms with Crippen LogP contribution in [-0.2, 0) is 26.4 Å². The van der Waals surface area contributed by atoms with Crippen molar-refractivity contribution in [2.75, 3.05) is 14.2 Å². The number of nitrogens with zero attached hydrogens (tertiary/aromatic N) is 4. The number of methoxy groups -OCH3 is 1. The van der Waals surface area contributed by atoms with E-state index in [1.165, 1.54) is 55.6 Å². The minimum absolute atomic E-state index is 0.0837. The number of aromatic nitrogens is 4. The SMILES string of the molecule is COOCc1nn(-c2ccc(OC)cc2)c2c(=O)n(-c3ccc(-c4ccccc4S(N)(=O)=O)cc3F)cnc12. The van der Waals surface area contributed by atoms with E-state index in [0.29, 0.717) is 17.1 Å². The van der Waals surface area contributed by atoms with Gasteiger partial charge in [0.25, 0.3) is 5.56 Å². The number of hydrogen-bond acceptors (Lipinski definition) is 8. The van der Waals surface area contributed by atoms with Crippen LogP contribution in [0.3, 0.4) is 0 Å². The number of benzene rings is 3. The largest absolute Gasteiger partial charge is 0.497 e. The monoisotopic (exact) mass is 551 g/mol. The zero-order valence-electron chi connectivity index (χ0n) is 20.7. The Morgan fingerprint density at radius 1 is 1.03 bits per heavy atom. The lowest BCUT2D eigenvalue weighted by molar-refractivity contribution is -0.282. The molecule has 0 amide bonds. The highest BCUT2D eigenvalue weighted by Gasteiger charge is 2.21. The van der Waals surface area contributed by atoms with Gasteiger partial charge in [-0.3, -0.25) is 9.36 Å².